The van der Waals surface area contributed by atoms with E-state index in [-0.39, 0.29) is 0 Å². The number of rotatable bonds is 8. The molecule has 0 amide bonds. The molecule has 0 spiro atoms. The number of carbonyl (C=O) groups is 2. The molecule has 3 unspecified atom stereocenters. The Morgan fingerprint density at radius 1 is 1.33 bits per heavy atom. The summed E-state index contributed by atoms with van der Waals surface area (Å²) in [5.74, 6) is -4.94. The van der Waals surface area contributed by atoms with Crippen LogP contribution in [0.1, 0.15) is 76.1 Å². The smallest absolute Gasteiger partial charge is 0.322 e. The molecule has 0 bridgehead atoms. The molecule has 0 radical (unpaired) electrons. The molecule has 0 aliphatic heterocycles. The zero-order valence-electron chi connectivity index (χ0n) is 17.8. The van der Waals surface area contributed by atoms with Gasteiger partial charge in [-0.15, -0.1) is 0 Å². The minimum Gasteiger partial charge on any atom is -0.481 e. The van der Waals surface area contributed by atoms with E-state index in [2.05, 4.69) is 6.92 Å². The number of aliphatic carboxylic acids is 1. The van der Waals surface area contributed by atoms with Gasteiger partial charge in [0, 0.05) is 5.39 Å². The number of nitrogens with zero attached hydrogens (tertiary/aromatic N) is 3. The van der Waals surface area contributed by atoms with Crippen LogP contribution in [0.4, 0.5) is 0 Å². The highest BCUT2D eigenvalue weighted by atomic mass is 16.5. The number of fused-ring (bicyclic) bond motifs is 1. The number of nitriles is 1. The molecule has 0 saturated heterocycles. The molecule has 1 aliphatic rings. The summed E-state index contributed by atoms with van der Waals surface area (Å²) in [5, 5.41) is 25.3. The summed E-state index contributed by atoms with van der Waals surface area (Å²) in [6.07, 6.45) is 5.40. The topological polar surface area (TPSA) is 105 Å². The number of carboxylic acids is 1. The van der Waals surface area contributed by atoms with Gasteiger partial charge in [0.15, 0.2) is 5.92 Å². The summed E-state index contributed by atoms with van der Waals surface area (Å²) in [7, 11) is 0. The van der Waals surface area contributed by atoms with Crippen LogP contribution in [0.15, 0.2) is 18.2 Å². The summed E-state index contributed by atoms with van der Waals surface area (Å²) in [6, 6.07) is 7.82. The Bertz CT molecular complexity index is 969. The molecule has 1 aromatic heterocycles. The van der Waals surface area contributed by atoms with Crippen molar-refractivity contribution in [2.24, 2.45) is 5.92 Å². The van der Waals surface area contributed by atoms with Crippen LogP contribution < -0.4 is 0 Å². The largest absolute Gasteiger partial charge is 0.481 e. The summed E-state index contributed by atoms with van der Waals surface area (Å²) < 4.78 is 7.29. The molecule has 1 aliphatic carbocycles. The molecule has 3 rings (SSSR count). The third-order valence-electron chi connectivity index (χ3n) is 6.06. The number of hydrogen-bond donors (Lipinski definition) is 1. The number of carbonyl (C=O) groups excluding carboxylic acids is 1. The minimum atomic E-state index is -1.57. The van der Waals surface area contributed by atoms with Gasteiger partial charge >= 0.3 is 11.9 Å². The third kappa shape index (κ3) is 4.18. The van der Waals surface area contributed by atoms with E-state index in [4.69, 9.17) is 9.84 Å². The second kappa shape index (κ2) is 9.29. The predicted octanol–water partition coefficient (Wildman–Crippen LogP) is 4.36. The molecule has 160 valence electrons. The Kier molecular flexibility index (Phi) is 6.76. The van der Waals surface area contributed by atoms with Gasteiger partial charge in [0.25, 0.3) is 0 Å². The van der Waals surface area contributed by atoms with Gasteiger partial charge in [-0.25, -0.2) is 0 Å². The number of hydrogen-bond acceptors (Lipinski definition) is 5. The first-order chi connectivity index (χ1) is 14.4. The van der Waals surface area contributed by atoms with Crippen LogP contribution >= 0.6 is 0 Å². The minimum absolute atomic E-state index is 0.314. The van der Waals surface area contributed by atoms with Crippen LogP contribution in [0.2, 0.25) is 0 Å². The van der Waals surface area contributed by atoms with E-state index in [1.54, 1.807) is 13.0 Å². The van der Waals surface area contributed by atoms with Crippen molar-refractivity contribution in [2.75, 3.05) is 0 Å². The summed E-state index contributed by atoms with van der Waals surface area (Å²) in [4.78, 5) is 24.5. The van der Waals surface area contributed by atoms with Gasteiger partial charge in [-0.1, -0.05) is 38.8 Å². The maximum Gasteiger partial charge on any atom is 0.322 e. The highest BCUT2D eigenvalue weighted by Crippen LogP contribution is 2.35. The van der Waals surface area contributed by atoms with Crippen molar-refractivity contribution in [1.82, 2.24) is 9.78 Å². The predicted molar refractivity (Wildman–Crippen MR) is 112 cm³/mol. The van der Waals surface area contributed by atoms with Crippen molar-refractivity contribution in [3.8, 4) is 6.07 Å². The Morgan fingerprint density at radius 3 is 2.60 bits per heavy atom. The molecule has 1 aromatic carbocycles. The van der Waals surface area contributed by atoms with E-state index >= 15 is 0 Å². The second-order valence-electron chi connectivity index (χ2n) is 8.04. The normalized spacial score (nSPS) is 17.4. The Balaban J connectivity index is 2.04. The van der Waals surface area contributed by atoms with E-state index in [9.17, 15) is 20.0 Å². The van der Waals surface area contributed by atoms with Crippen molar-refractivity contribution < 1.29 is 19.4 Å². The standard InChI is InChI=1S/C23H29N3O4/c1-4-14(3)30-23(29)21(22(27)28)18(13-24)15-10-11-17-19(5-2)25-26(20(17)12-15)16-8-6-7-9-16/h10-12,14,16,18,21H,4-9H2,1-3H3,(H,27,28). The van der Waals surface area contributed by atoms with Gasteiger partial charge in [0.05, 0.1) is 35.3 Å². The molecule has 1 N–H and O–H groups in total. The lowest BCUT2D eigenvalue weighted by molar-refractivity contribution is -0.162. The Labute approximate surface area is 176 Å². The molecular formula is C23H29N3O4. The van der Waals surface area contributed by atoms with Crippen LogP contribution in [0.5, 0.6) is 0 Å². The lowest BCUT2D eigenvalue weighted by atomic mass is 9.86. The number of aryl methyl sites for hydroxylation is 1. The molecule has 7 heteroatoms. The summed E-state index contributed by atoms with van der Waals surface area (Å²) >= 11 is 0. The number of carboxylic acid groups (broad SMARTS) is 1. The molecule has 2 aromatic rings. The summed E-state index contributed by atoms with van der Waals surface area (Å²) in [6.45, 7) is 5.60. The second-order valence-corrected chi connectivity index (χ2v) is 8.04. The van der Waals surface area contributed by atoms with Crippen molar-refractivity contribution in [2.45, 2.75) is 77.4 Å². The van der Waals surface area contributed by atoms with Gasteiger partial charge in [-0.2, -0.15) is 10.4 Å². The molecular weight excluding hydrogens is 382 g/mol. The average Bonchev–Trinajstić information content (AvgIpc) is 3.38. The van der Waals surface area contributed by atoms with Crippen molar-refractivity contribution in [3.05, 3.63) is 29.5 Å². The molecule has 1 fully saturated rings. The number of aromatic nitrogens is 2. The fourth-order valence-electron chi connectivity index (χ4n) is 4.18. The van der Waals surface area contributed by atoms with Gasteiger partial charge in [0.1, 0.15) is 0 Å². The first kappa shape index (κ1) is 21.8. The highest BCUT2D eigenvalue weighted by Gasteiger charge is 2.38. The zero-order chi connectivity index (χ0) is 21.8. The van der Waals surface area contributed by atoms with E-state index in [0.29, 0.717) is 18.0 Å². The Morgan fingerprint density at radius 2 is 2.03 bits per heavy atom. The zero-order valence-corrected chi connectivity index (χ0v) is 17.8. The molecule has 30 heavy (non-hydrogen) atoms. The highest BCUT2D eigenvalue weighted by molar-refractivity contribution is 5.96. The lowest BCUT2D eigenvalue weighted by Gasteiger charge is -2.20. The first-order valence-electron chi connectivity index (χ1n) is 10.7. The Hall–Kier alpha value is -2.88. The molecule has 1 saturated carbocycles. The monoisotopic (exact) mass is 411 g/mol. The lowest BCUT2D eigenvalue weighted by Crippen LogP contribution is -2.33. The number of benzene rings is 1. The van der Waals surface area contributed by atoms with Crippen LogP contribution in [0, 0.1) is 17.2 Å². The first-order valence-corrected chi connectivity index (χ1v) is 10.7. The quantitative estimate of drug-likeness (QED) is 0.511. The van der Waals surface area contributed by atoms with Crippen LogP contribution in [0.3, 0.4) is 0 Å². The van der Waals surface area contributed by atoms with Crippen molar-refractivity contribution in [3.63, 3.8) is 0 Å². The van der Waals surface area contributed by atoms with Gasteiger partial charge < -0.3 is 9.84 Å². The average molecular weight is 412 g/mol. The molecule has 1 heterocycles. The van der Waals surface area contributed by atoms with Gasteiger partial charge in [-0.3, -0.25) is 14.3 Å². The number of esters is 1. The van der Waals surface area contributed by atoms with Crippen LogP contribution in [0.25, 0.3) is 10.9 Å². The SMILES string of the molecule is CCc1nn(C2CCCC2)c2cc(C(C#N)C(C(=O)O)C(=O)OC(C)CC)ccc12. The van der Waals surface area contributed by atoms with E-state index in [1.807, 2.05) is 29.8 Å². The van der Waals surface area contributed by atoms with Crippen LogP contribution in [-0.2, 0) is 20.7 Å². The van der Waals surface area contributed by atoms with Crippen molar-refractivity contribution >= 4 is 22.8 Å². The maximum atomic E-state index is 12.5. The van der Waals surface area contributed by atoms with E-state index in [1.165, 1.54) is 0 Å². The molecule has 3 atom stereocenters. The number of ether oxygens (including phenoxy) is 1. The van der Waals surface area contributed by atoms with Gasteiger partial charge in [0.2, 0.25) is 0 Å². The van der Waals surface area contributed by atoms with E-state index < -0.39 is 29.9 Å². The fraction of sp³-hybridized carbons (Fsp3) is 0.565. The maximum absolute atomic E-state index is 12.5. The molecule has 7 nitrogen and oxygen atoms in total. The third-order valence-corrected chi connectivity index (χ3v) is 6.06. The van der Waals surface area contributed by atoms with E-state index in [0.717, 1.165) is 48.7 Å². The summed E-state index contributed by atoms with van der Waals surface area (Å²) in [5.41, 5.74) is 2.39. The fourth-order valence-corrected chi connectivity index (χ4v) is 4.18. The van der Waals surface area contributed by atoms with Crippen molar-refractivity contribution in [1.29, 1.82) is 5.26 Å². The van der Waals surface area contributed by atoms with Gasteiger partial charge in [-0.05, 0) is 44.2 Å². The van der Waals surface area contributed by atoms with Crippen LogP contribution in [-0.4, -0.2) is 32.9 Å².